The molecule has 1 aromatic carbocycles. The van der Waals surface area contributed by atoms with Crippen LogP contribution in [0.2, 0.25) is 0 Å². The molecule has 5 nitrogen and oxygen atoms in total. The van der Waals surface area contributed by atoms with Gasteiger partial charge < -0.3 is 10.8 Å². The maximum atomic E-state index is 13.8. The van der Waals surface area contributed by atoms with E-state index in [1.54, 1.807) is 0 Å². The van der Waals surface area contributed by atoms with E-state index in [0.717, 1.165) is 6.07 Å². The van der Waals surface area contributed by atoms with Crippen molar-refractivity contribution in [1.29, 1.82) is 0 Å². The maximum Gasteiger partial charge on any atom is 0.243 e. The molecule has 0 atom stereocenters. The normalized spacial score (nSPS) is 23.1. The summed E-state index contributed by atoms with van der Waals surface area (Å²) < 4.78 is 40.1. The molecule has 0 amide bonds. The molecule has 0 aromatic heterocycles. The van der Waals surface area contributed by atoms with Crippen molar-refractivity contribution >= 4 is 31.6 Å². The average molecular weight is 353 g/mol. The number of sulfonamides is 1. The van der Waals surface area contributed by atoms with Crippen LogP contribution in [0.15, 0.2) is 21.5 Å². The Bertz CT molecular complexity index is 588. The number of hydrogen-bond donors (Lipinski definition) is 3. The molecule has 1 saturated carbocycles. The molecule has 2 rings (SSSR count). The van der Waals surface area contributed by atoms with Crippen molar-refractivity contribution in [3.63, 3.8) is 0 Å². The van der Waals surface area contributed by atoms with Gasteiger partial charge in [0.05, 0.1) is 10.6 Å². The number of nitrogens with one attached hydrogen (secondary N) is 1. The number of aliphatic hydroxyl groups excluding tert-OH is 1. The third-order valence-corrected chi connectivity index (χ3v) is 5.08. The van der Waals surface area contributed by atoms with Gasteiger partial charge in [-0.1, -0.05) is 0 Å². The Balaban J connectivity index is 2.15. The van der Waals surface area contributed by atoms with Crippen molar-refractivity contribution < 1.29 is 17.9 Å². The fraction of sp³-hybridized carbons (Fsp3) is 0.455. The third-order valence-electron chi connectivity index (χ3n) is 3.08. The fourth-order valence-electron chi connectivity index (χ4n) is 1.95. The minimum atomic E-state index is -3.94. The van der Waals surface area contributed by atoms with E-state index < -0.39 is 20.7 Å². The molecule has 19 heavy (non-hydrogen) atoms. The largest absolute Gasteiger partial charge is 0.399 e. The van der Waals surface area contributed by atoms with Crippen molar-refractivity contribution in [3.05, 3.63) is 22.4 Å². The van der Waals surface area contributed by atoms with Crippen LogP contribution in [-0.2, 0) is 10.0 Å². The summed E-state index contributed by atoms with van der Waals surface area (Å²) in [7, 11) is -3.94. The molecule has 106 valence electrons. The van der Waals surface area contributed by atoms with Crippen LogP contribution in [0.4, 0.5) is 10.1 Å². The number of rotatable bonds is 4. The van der Waals surface area contributed by atoms with Crippen molar-refractivity contribution in [2.75, 3.05) is 12.3 Å². The first kappa shape index (κ1) is 14.7. The molecule has 0 aliphatic heterocycles. The number of anilines is 1. The number of halogens is 2. The number of benzene rings is 1. The van der Waals surface area contributed by atoms with E-state index in [1.165, 1.54) is 6.07 Å². The topological polar surface area (TPSA) is 92.4 Å². The molecule has 4 N–H and O–H groups in total. The second-order valence-corrected chi connectivity index (χ2v) is 7.25. The van der Waals surface area contributed by atoms with Crippen molar-refractivity contribution in [3.8, 4) is 0 Å². The standard InChI is InChI=1S/C11H14BrFN2O3S/c12-9-3-7(14)4-10(11(9)13)19(17,18)15-5-6-1-8(16)2-6/h3-4,6,8,15-16H,1-2,5,14H2. The third kappa shape index (κ3) is 3.25. The molecule has 0 radical (unpaired) electrons. The van der Waals surface area contributed by atoms with Crippen molar-refractivity contribution in [1.82, 2.24) is 4.72 Å². The first-order chi connectivity index (χ1) is 8.79. The van der Waals surface area contributed by atoms with E-state index in [-0.39, 0.29) is 28.7 Å². The Labute approximate surface area is 119 Å². The van der Waals surface area contributed by atoms with Crippen LogP contribution in [0.25, 0.3) is 0 Å². The second kappa shape index (κ2) is 5.35. The van der Waals surface area contributed by atoms with Crippen LogP contribution >= 0.6 is 15.9 Å². The summed E-state index contributed by atoms with van der Waals surface area (Å²) in [5.74, 6) is -0.771. The van der Waals surface area contributed by atoms with Gasteiger partial charge >= 0.3 is 0 Å². The van der Waals surface area contributed by atoms with Crippen LogP contribution in [0.5, 0.6) is 0 Å². The van der Waals surface area contributed by atoms with Gasteiger partial charge in [-0.05, 0) is 46.8 Å². The van der Waals surface area contributed by atoms with Gasteiger partial charge in [-0.15, -0.1) is 0 Å². The van der Waals surface area contributed by atoms with Gasteiger partial charge in [0.25, 0.3) is 0 Å². The molecule has 0 heterocycles. The molecule has 0 unspecified atom stereocenters. The van der Waals surface area contributed by atoms with Gasteiger partial charge in [0.1, 0.15) is 4.90 Å². The van der Waals surface area contributed by atoms with E-state index >= 15 is 0 Å². The molecule has 1 aromatic rings. The minimum absolute atomic E-state index is 0.00643. The molecule has 0 spiro atoms. The van der Waals surface area contributed by atoms with Gasteiger partial charge in [0.2, 0.25) is 10.0 Å². The summed E-state index contributed by atoms with van der Waals surface area (Å²) in [4.78, 5) is -0.473. The second-order valence-electron chi connectivity index (χ2n) is 4.66. The molecule has 0 saturated heterocycles. The summed E-state index contributed by atoms with van der Waals surface area (Å²) >= 11 is 2.92. The average Bonchev–Trinajstić information content (AvgIpc) is 2.27. The van der Waals surface area contributed by atoms with E-state index in [2.05, 4.69) is 20.7 Å². The Morgan fingerprint density at radius 1 is 1.47 bits per heavy atom. The zero-order chi connectivity index (χ0) is 14.2. The lowest BCUT2D eigenvalue weighted by molar-refractivity contribution is 0.0453. The summed E-state index contributed by atoms with van der Waals surface area (Å²) in [5, 5.41) is 9.12. The highest BCUT2D eigenvalue weighted by Crippen LogP contribution is 2.28. The predicted octanol–water partition coefficient (Wildman–Crippen LogP) is 1.22. The minimum Gasteiger partial charge on any atom is -0.399 e. The van der Waals surface area contributed by atoms with E-state index in [0.29, 0.717) is 12.8 Å². The fourth-order valence-corrected chi connectivity index (χ4v) is 3.81. The highest BCUT2D eigenvalue weighted by atomic mass is 79.9. The van der Waals surface area contributed by atoms with Gasteiger partial charge in [-0.25, -0.2) is 17.5 Å². The first-order valence-corrected chi connectivity index (χ1v) is 7.99. The maximum absolute atomic E-state index is 13.8. The molecule has 1 aliphatic rings. The van der Waals surface area contributed by atoms with E-state index in [9.17, 15) is 12.8 Å². The molecule has 8 heteroatoms. The smallest absolute Gasteiger partial charge is 0.243 e. The van der Waals surface area contributed by atoms with Crippen molar-refractivity contribution in [2.45, 2.75) is 23.8 Å². The van der Waals surface area contributed by atoms with Gasteiger partial charge in [0.15, 0.2) is 5.82 Å². The molecular weight excluding hydrogens is 339 g/mol. The Hall–Kier alpha value is -0.700. The number of nitrogens with two attached hydrogens (primary N) is 1. The summed E-state index contributed by atoms with van der Waals surface area (Å²) in [6, 6.07) is 2.38. The highest BCUT2D eigenvalue weighted by molar-refractivity contribution is 9.10. The lowest BCUT2D eigenvalue weighted by Gasteiger charge is -2.31. The summed E-state index contributed by atoms with van der Waals surface area (Å²) in [6.07, 6.45) is 0.768. The monoisotopic (exact) mass is 352 g/mol. The lowest BCUT2D eigenvalue weighted by atomic mass is 9.83. The molecule has 0 bridgehead atoms. The number of nitrogen functional groups attached to an aromatic ring is 1. The number of aliphatic hydroxyl groups is 1. The van der Waals surface area contributed by atoms with Crippen LogP contribution in [-0.4, -0.2) is 26.2 Å². The van der Waals surface area contributed by atoms with Crippen LogP contribution in [0, 0.1) is 11.7 Å². The van der Waals surface area contributed by atoms with E-state index in [1.807, 2.05) is 0 Å². The lowest BCUT2D eigenvalue weighted by Crippen LogP contribution is -2.38. The molecule has 1 fully saturated rings. The summed E-state index contributed by atoms with van der Waals surface area (Å²) in [5.41, 5.74) is 5.67. The number of hydrogen-bond acceptors (Lipinski definition) is 4. The SMILES string of the molecule is Nc1cc(Br)c(F)c(S(=O)(=O)NCC2CC(O)C2)c1. The predicted molar refractivity (Wildman–Crippen MR) is 72.4 cm³/mol. The molecular formula is C11H14BrFN2O3S. The van der Waals surface area contributed by atoms with Gasteiger partial charge in [-0.2, -0.15) is 0 Å². The van der Waals surface area contributed by atoms with Crippen molar-refractivity contribution in [2.24, 2.45) is 5.92 Å². The Kier molecular flexibility index (Phi) is 4.14. The van der Waals surface area contributed by atoms with E-state index in [4.69, 9.17) is 10.8 Å². The Morgan fingerprint density at radius 2 is 2.11 bits per heavy atom. The van der Waals surface area contributed by atoms with Gasteiger partial charge in [-0.3, -0.25) is 0 Å². The van der Waals surface area contributed by atoms with Crippen LogP contribution in [0.1, 0.15) is 12.8 Å². The highest BCUT2D eigenvalue weighted by Gasteiger charge is 2.29. The first-order valence-electron chi connectivity index (χ1n) is 5.72. The zero-order valence-electron chi connectivity index (χ0n) is 9.94. The quantitative estimate of drug-likeness (QED) is 0.710. The zero-order valence-corrected chi connectivity index (χ0v) is 12.3. The Morgan fingerprint density at radius 3 is 2.68 bits per heavy atom. The molecule has 1 aliphatic carbocycles. The van der Waals surface area contributed by atoms with Crippen LogP contribution in [0.3, 0.4) is 0 Å². The summed E-state index contributed by atoms with van der Waals surface area (Å²) in [6.45, 7) is 0.186. The van der Waals surface area contributed by atoms with Gasteiger partial charge in [0, 0.05) is 12.2 Å². The van der Waals surface area contributed by atoms with Crippen LogP contribution < -0.4 is 10.5 Å².